The van der Waals surface area contributed by atoms with Gasteiger partial charge < -0.3 is 24.1 Å². The van der Waals surface area contributed by atoms with E-state index < -0.39 is 7.60 Å². The second-order valence-corrected chi connectivity index (χ2v) is 6.23. The van der Waals surface area contributed by atoms with Gasteiger partial charge in [-0.1, -0.05) is 6.92 Å². The van der Waals surface area contributed by atoms with Gasteiger partial charge in [0.25, 0.3) is 0 Å². The van der Waals surface area contributed by atoms with E-state index in [0.29, 0.717) is 24.1 Å². The van der Waals surface area contributed by atoms with E-state index in [9.17, 15) is 9.46 Å². The SMILES string of the molecule is CC[N+](CCO)(CCO)CCOP(=O)(O)CC. The summed E-state index contributed by atoms with van der Waals surface area (Å²) in [5, 5.41) is 18.0. The Morgan fingerprint density at radius 1 is 1.12 bits per heavy atom. The lowest BCUT2D eigenvalue weighted by atomic mass is 10.3. The first-order valence-corrected chi connectivity index (χ1v) is 7.74. The van der Waals surface area contributed by atoms with Crippen LogP contribution in [0.5, 0.6) is 0 Å². The van der Waals surface area contributed by atoms with E-state index in [0.717, 1.165) is 6.54 Å². The van der Waals surface area contributed by atoms with Gasteiger partial charge in [-0.2, -0.15) is 0 Å². The van der Waals surface area contributed by atoms with E-state index in [1.807, 2.05) is 6.92 Å². The second-order valence-electron chi connectivity index (χ2n) is 4.06. The Morgan fingerprint density at radius 3 is 2.00 bits per heavy atom. The third kappa shape index (κ3) is 6.50. The molecule has 3 N–H and O–H groups in total. The quantitative estimate of drug-likeness (QED) is 0.385. The van der Waals surface area contributed by atoms with Gasteiger partial charge in [0.15, 0.2) is 0 Å². The Morgan fingerprint density at radius 2 is 1.65 bits per heavy atom. The van der Waals surface area contributed by atoms with Gasteiger partial charge in [-0.15, -0.1) is 0 Å². The molecule has 0 aromatic carbocycles. The Kier molecular flexibility index (Phi) is 8.20. The summed E-state index contributed by atoms with van der Waals surface area (Å²) >= 11 is 0. The first kappa shape index (κ1) is 17.0. The molecule has 0 aromatic rings. The first-order chi connectivity index (χ1) is 7.95. The molecule has 0 rings (SSSR count). The van der Waals surface area contributed by atoms with Crippen LogP contribution in [0, 0.1) is 0 Å². The molecule has 7 heteroatoms. The van der Waals surface area contributed by atoms with Crippen molar-refractivity contribution in [1.29, 1.82) is 0 Å². The Bertz CT molecular complexity index is 243. The van der Waals surface area contributed by atoms with Crippen molar-refractivity contribution in [3.8, 4) is 0 Å². The number of quaternary nitrogens is 1. The fourth-order valence-electron chi connectivity index (χ4n) is 1.70. The van der Waals surface area contributed by atoms with Gasteiger partial charge in [0.05, 0.1) is 19.8 Å². The highest BCUT2D eigenvalue weighted by Crippen LogP contribution is 2.40. The van der Waals surface area contributed by atoms with Crippen LogP contribution in [0.3, 0.4) is 0 Å². The average molecular weight is 270 g/mol. The molecule has 0 saturated carbocycles. The van der Waals surface area contributed by atoms with Gasteiger partial charge in [-0.05, 0) is 6.92 Å². The summed E-state index contributed by atoms with van der Waals surface area (Å²) in [6.45, 7) is 6.07. The highest BCUT2D eigenvalue weighted by molar-refractivity contribution is 7.52. The highest BCUT2D eigenvalue weighted by Gasteiger charge is 2.26. The predicted molar refractivity (Wildman–Crippen MR) is 65.9 cm³/mol. The van der Waals surface area contributed by atoms with Crippen LogP contribution in [0.2, 0.25) is 0 Å². The van der Waals surface area contributed by atoms with Crippen LogP contribution < -0.4 is 0 Å². The lowest BCUT2D eigenvalue weighted by molar-refractivity contribution is -0.927. The molecule has 0 aliphatic rings. The number of hydrogen-bond acceptors (Lipinski definition) is 4. The molecule has 1 unspecified atom stereocenters. The van der Waals surface area contributed by atoms with Crippen molar-refractivity contribution >= 4 is 7.60 Å². The van der Waals surface area contributed by atoms with Crippen molar-refractivity contribution < 1.29 is 28.7 Å². The third-order valence-corrected chi connectivity index (χ3v) is 4.46. The maximum atomic E-state index is 11.3. The molecule has 104 valence electrons. The molecule has 6 nitrogen and oxygen atoms in total. The normalized spacial score (nSPS) is 15.8. The summed E-state index contributed by atoms with van der Waals surface area (Å²) in [7, 11) is -3.44. The Balaban J connectivity index is 4.29. The van der Waals surface area contributed by atoms with Crippen LogP contribution in [-0.2, 0) is 9.09 Å². The molecule has 0 spiro atoms. The lowest BCUT2D eigenvalue weighted by Crippen LogP contribution is -2.53. The van der Waals surface area contributed by atoms with Crippen molar-refractivity contribution in [2.75, 3.05) is 52.2 Å². The molecule has 0 fully saturated rings. The minimum absolute atomic E-state index is 0.0262. The Labute approximate surface area is 103 Å². The number of hydrogen-bond donors (Lipinski definition) is 3. The third-order valence-electron chi connectivity index (χ3n) is 3.08. The summed E-state index contributed by atoms with van der Waals surface area (Å²) < 4.78 is 16.8. The van der Waals surface area contributed by atoms with Crippen molar-refractivity contribution in [2.24, 2.45) is 0 Å². The fourth-order valence-corrected chi connectivity index (χ4v) is 2.25. The summed E-state index contributed by atoms with van der Waals surface area (Å²) in [6.07, 6.45) is 0.0964. The van der Waals surface area contributed by atoms with Crippen molar-refractivity contribution in [2.45, 2.75) is 13.8 Å². The van der Waals surface area contributed by atoms with E-state index in [-0.39, 0.29) is 26.0 Å². The van der Waals surface area contributed by atoms with Crippen LogP contribution in [0.25, 0.3) is 0 Å². The van der Waals surface area contributed by atoms with E-state index in [1.54, 1.807) is 6.92 Å². The van der Waals surface area contributed by atoms with E-state index >= 15 is 0 Å². The first-order valence-electron chi connectivity index (χ1n) is 5.98. The minimum atomic E-state index is -3.44. The number of likely N-dealkylation sites (N-methyl/N-ethyl adjacent to an activating group) is 1. The lowest BCUT2D eigenvalue weighted by Gasteiger charge is -2.36. The topological polar surface area (TPSA) is 87.0 Å². The van der Waals surface area contributed by atoms with E-state index in [4.69, 9.17) is 14.7 Å². The molecule has 17 heavy (non-hydrogen) atoms. The zero-order valence-corrected chi connectivity index (χ0v) is 11.6. The van der Waals surface area contributed by atoms with Gasteiger partial charge >= 0.3 is 7.60 Å². The van der Waals surface area contributed by atoms with Gasteiger partial charge in [-0.3, -0.25) is 4.57 Å². The second kappa shape index (κ2) is 8.19. The average Bonchev–Trinajstić information content (AvgIpc) is 2.29. The smallest absolute Gasteiger partial charge is 0.328 e. The highest BCUT2D eigenvalue weighted by atomic mass is 31.2. The number of rotatable bonds is 10. The monoisotopic (exact) mass is 270 g/mol. The van der Waals surface area contributed by atoms with E-state index in [2.05, 4.69) is 0 Å². The van der Waals surface area contributed by atoms with Crippen LogP contribution in [0.4, 0.5) is 0 Å². The van der Waals surface area contributed by atoms with Crippen LogP contribution in [0.15, 0.2) is 0 Å². The maximum Gasteiger partial charge on any atom is 0.328 e. The molecule has 0 aromatic heterocycles. The van der Waals surface area contributed by atoms with Crippen LogP contribution in [0.1, 0.15) is 13.8 Å². The van der Waals surface area contributed by atoms with Gasteiger partial charge in [0.2, 0.25) is 0 Å². The van der Waals surface area contributed by atoms with Crippen LogP contribution >= 0.6 is 7.60 Å². The van der Waals surface area contributed by atoms with Crippen molar-refractivity contribution in [3.05, 3.63) is 0 Å². The van der Waals surface area contributed by atoms with Gasteiger partial charge in [-0.25, -0.2) is 0 Å². The summed E-state index contributed by atoms with van der Waals surface area (Å²) in [6, 6.07) is 0. The zero-order chi connectivity index (χ0) is 13.4. The largest absolute Gasteiger partial charge is 0.391 e. The van der Waals surface area contributed by atoms with Gasteiger partial charge in [0, 0.05) is 6.16 Å². The molecule has 0 bridgehead atoms. The zero-order valence-electron chi connectivity index (χ0n) is 10.7. The molecule has 0 aliphatic heterocycles. The molecular weight excluding hydrogens is 245 g/mol. The number of aliphatic hydroxyl groups excluding tert-OH is 2. The van der Waals surface area contributed by atoms with Crippen LogP contribution in [-0.4, -0.2) is 71.8 Å². The predicted octanol–water partition coefficient (Wildman–Crippen LogP) is 0.0296. The molecule has 0 radical (unpaired) electrons. The summed E-state index contributed by atoms with van der Waals surface area (Å²) in [5.41, 5.74) is 0. The fraction of sp³-hybridized carbons (Fsp3) is 1.00. The molecule has 0 aliphatic carbocycles. The number of nitrogens with zero attached hydrogens (tertiary/aromatic N) is 1. The van der Waals surface area contributed by atoms with Gasteiger partial charge in [0.1, 0.15) is 26.2 Å². The van der Waals surface area contributed by atoms with Crippen molar-refractivity contribution in [3.63, 3.8) is 0 Å². The molecule has 0 amide bonds. The number of aliphatic hydroxyl groups is 2. The molecular formula is C10H25NO5P+. The summed E-state index contributed by atoms with van der Waals surface area (Å²) in [4.78, 5) is 9.28. The van der Waals surface area contributed by atoms with E-state index in [1.165, 1.54) is 0 Å². The minimum Gasteiger partial charge on any atom is -0.391 e. The molecule has 0 saturated heterocycles. The standard InChI is InChI=1S/C10H24NO5P/c1-3-11(5-8-12,6-9-13)7-10-16-17(14,15)4-2/h12-13H,3-10H2,1-2H3/p+1. The maximum absolute atomic E-state index is 11.3. The Hall–Kier alpha value is 0.0300. The molecule has 0 heterocycles. The van der Waals surface area contributed by atoms with Crippen molar-refractivity contribution in [1.82, 2.24) is 0 Å². The summed E-state index contributed by atoms with van der Waals surface area (Å²) in [5.74, 6) is 0. The molecule has 1 atom stereocenters.